The van der Waals surface area contributed by atoms with Crippen molar-refractivity contribution in [3.05, 3.63) is 0 Å². The fourth-order valence-corrected chi connectivity index (χ4v) is 2.96. The van der Waals surface area contributed by atoms with E-state index in [0.29, 0.717) is 6.54 Å². The summed E-state index contributed by atoms with van der Waals surface area (Å²) in [5, 5.41) is 10.3. The highest BCUT2D eigenvalue weighted by Gasteiger charge is 2.34. The summed E-state index contributed by atoms with van der Waals surface area (Å²) in [5.74, 6) is 0. The van der Waals surface area contributed by atoms with Crippen LogP contribution in [0.1, 0.15) is 52.4 Å². The van der Waals surface area contributed by atoms with Crippen LogP contribution in [0.3, 0.4) is 0 Å². The molecule has 1 saturated carbocycles. The number of carbonyl (C=O) groups excluding carboxylic acids is 1. The van der Waals surface area contributed by atoms with Crippen LogP contribution in [0.2, 0.25) is 0 Å². The predicted octanol–water partition coefficient (Wildman–Crippen LogP) is 2.23. The second-order valence-corrected chi connectivity index (χ2v) is 5.79. The molecule has 0 unspecified atom stereocenters. The Labute approximate surface area is 105 Å². The Morgan fingerprint density at radius 2 is 1.82 bits per heavy atom. The van der Waals surface area contributed by atoms with E-state index in [2.05, 4.69) is 18.7 Å². The molecule has 1 aliphatic carbocycles. The van der Waals surface area contributed by atoms with Crippen molar-refractivity contribution in [3.63, 3.8) is 0 Å². The van der Waals surface area contributed by atoms with Crippen molar-refractivity contribution in [2.75, 3.05) is 20.1 Å². The van der Waals surface area contributed by atoms with Gasteiger partial charge in [0.15, 0.2) is 0 Å². The van der Waals surface area contributed by atoms with E-state index in [9.17, 15) is 9.90 Å². The molecule has 0 heterocycles. The van der Waals surface area contributed by atoms with Gasteiger partial charge in [-0.05, 0) is 32.7 Å². The molecule has 0 aromatic rings. The zero-order valence-electron chi connectivity index (χ0n) is 11.5. The van der Waals surface area contributed by atoms with Crippen LogP contribution in [-0.4, -0.2) is 42.0 Å². The normalized spacial score (nSPS) is 19.8. The number of nitrogens with zero attached hydrogens (tertiary/aromatic N) is 1. The monoisotopic (exact) mass is 241 g/mol. The third kappa shape index (κ3) is 3.78. The van der Waals surface area contributed by atoms with Gasteiger partial charge in [-0.3, -0.25) is 0 Å². The molecular formula is C14H27NO2. The molecule has 0 saturated heterocycles. The summed E-state index contributed by atoms with van der Waals surface area (Å²) in [7, 11) is 2.01. The molecule has 0 aromatic carbocycles. The molecule has 0 amide bonds. The van der Waals surface area contributed by atoms with Crippen LogP contribution in [0, 0.1) is 5.41 Å². The van der Waals surface area contributed by atoms with Crippen LogP contribution in [0.4, 0.5) is 0 Å². The first kappa shape index (κ1) is 14.7. The van der Waals surface area contributed by atoms with E-state index >= 15 is 0 Å². The van der Waals surface area contributed by atoms with E-state index in [0.717, 1.165) is 51.4 Å². The maximum absolute atomic E-state index is 11.3. The summed E-state index contributed by atoms with van der Waals surface area (Å²) < 4.78 is 0. The molecule has 0 aliphatic heterocycles. The molecule has 17 heavy (non-hydrogen) atoms. The summed E-state index contributed by atoms with van der Waals surface area (Å²) in [6.45, 7) is 5.58. The first-order valence-corrected chi connectivity index (χ1v) is 6.86. The first-order chi connectivity index (χ1) is 7.99. The molecule has 0 radical (unpaired) electrons. The molecular weight excluding hydrogens is 214 g/mol. The van der Waals surface area contributed by atoms with Crippen molar-refractivity contribution in [1.29, 1.82) is 0 Å². The fourth-order valence-electron chi connectivity index (χ4n) is 2.96. The fraction of sp³-hybridized carbons (Fsp3) is 0.929. The van der Waals surface area contributed by atoms with Gasteiger partial charge >= 0.3 is 0 Å². The van der Waals surface area contributed by atoms with Crippen LogP contribution in [-0.2, 0) is 4.79 Å². The van der Waals surface area contributed by atoms with E-state index in [1.807, 2.05) is 7.05 Å². The SMILES string of the molecule is CCC(C=O)(CC)CN(C)CC1(O)CCCC1. The number of aliphatic hydroxyl groups is 1. The van der Waals surface area contributed by atoms with Crippen molar-refractivity contribution in [1.82, 2.24) is 4.90 Å². The Hall–Kier alpha value is -0.410. The Kier molecular flexibility index (Phi) is 5.14. The van der Waals surface area contributed by atoms with Gasteiger partial charge in [0.1, 0.15) is 6.29 Å². The minimum atomic E-state index is -0.509. The third-order valence-electron chi connectivity index (χ3n) is 4.34. The lowest BCUT2D eigenvalue weighted by Gasteiger charge is -2.34. The summed E-state index contributed by atoms with van der Waals surface area (Å²) in [6.07, 6.45) is 6.91. The zero-order chi connectivity index (χ0) is 12.9. The predicted molar refractivity (Wildman–Crippen MR) is 70.0 cm³/mol. The zero-order valence-corrected chi connectivity index (χ0v) is 11.5. The number of hydrogen-bond acceptors (Lipinski definition) is 3. The van der Waals surface area contributed by atoms with E-state index in [4.69, 9.17) is 0 Å². The largest absolute Gasteiger partial charge is 0.389 e. The number of aldehydes is 1. The summed E-state index contributed by atoms with van der Waals surface area (Å²) in [6, 6.07) is 0. The average molecular weight is 241 g/mol. The van der Waals surface area contributed by atoms with E-state index in [1.54, 1.807) is 0 Å². The van der Waals surface area contributed by atoms with E-state index in [-0.39, 0.29) is 5.41 Å². The molecule has 0 bridgehead atoms. The van der Waals surface area contributed by atoms with Gasteiger partial charge in [0.05, 0.1) is 5.60 Å². The molecule has 1 N–H and O–H groups in total. The maximum atomic E-state index is 11.3. The van der Waals surface area contributed by atoms with E-state index < -0.39 is 5.60 Å². The summed E-state index contributed by atoms with van der Waals surface area (Å²) >= 11 is 0. The van der Waals surface area contributed by atoms with Crippen molar-refractivity contribution in [2.24, 2.45) is 5.41 Å². The topological polar surface area (TPSA) is 40.5 Å². The molecule has 0 aromatic heterocycles. The Morgan fingerprint density at radius 1 is 1.29 bits per heavy atom. The number of carbonyl (C=O) groups is 1. The molecule has 0 atom stereocenters. The standard InChI is InChI=1S/C14H27NO2/c1-4-13(5-2,12-16)10-15(3)11-14(17)8-6-7-9-14/h12,17H,4-11H2,1-3H3. The van der Waals surface area contributed by atoms with Gasteiger partial charge < -0.3 is 14.8 Å². The minimum absolute atomic E-state index is 0.232. The Bertz CT molecular complexity index is 243. The van der Waals surface area contributed by atoms with Crippen molar-refractivity contribution < 1.29 is 9.90 Å². The van der Waals surface area contributed by atoms with Crippen LogP contribution >= 0.6 is 0 Å². The number of rotatable bonds is 7. The molecule has 1 rings (SSSR count). The smallest absolute Gasteiger partial charge is 0.127 e. The Morgan fingerprint density at radius 3 is 2.24 bits per heavy atom. The summed E-state index contributed by atoms with van der Waals surface area (Å²) in [4.78, 5) is 13.4. The lowest BCUT2D eigenvalue weighted by Crippen LogP contribution is -2.44. The van der Waals surface area contributed by atoms with Gasteiger partial charge in [-0.2, -0.15) is 0 Å². The van der Waals surface area contributed by atoms with Crippen molar-refractivity contribution >= 4 is 6.29 Å². The lowest BCUT2D eigenvalue weighted by molar-refractivity contribution is -0.118. The maximum Gasteiger partial charge on any atom is 0.127 e. The highest BCUT2D eigenvalue weighted by atomic mass is 16.3. The van der Waals surface area contributed by atoms with Gasteiger partial charge in [-0.25, -0.2) is 0 Å². The third-order valence-corrected chi connectivity index (χ3v) is 4.34. The average Bonchev–Trinajstić information content (AvgIpc) is 2.72. The van der Waals surface area contributed by atoms with Gasteiger partial charge in [0.2, 0.25) is 0 Å². The lowest BCUT2D eigenvalue weighted by atomic mass is 9.83. The second-order valence-electron chi connectivity index (χ2n) is 5.79. The number of likely N-dealkylation sites (N-methyl/N-ethyl adjacent to an activating group) is 1. The van der Waals surface area contributed by atoms with E-state index in [1.165, 1.54) is 0 Å². The second kappa shape index (κ2) is 5.96. The molecule has 100 valence electrons. The summed E-state index contributed by atoms with van der Waals surface area (Å²) in [5.41, 5.74) is -0.741. The van der Waals surface area contributed by atoms with Gasteiger partial charge in [0, 0.05) is 18.5 Å². The molecule has 0 spiro atoms. The van der Waals surface area contributed by atoms with Gasteiger partial charge in [-0.1, -0.05) is 26.7 Å². The molecule has 3 nitrogen and oxygen atoms in total. The van der Waals surface area contributed by atoms with Gasteiger partial charge in [0.25, 0.3) is 0 Å². The first-order valence-electron chi connectivity index (χ1n) is 6.86. The minimum Gasteiger partial charge on any atom is -0.389 e. The number of hydrogen-bond donors (Lipinski definition) is 1. The van der Waals surface area contributed by atoms with Crippen LogP contribution in [0.25, 0.3) is 0 Å². The highest BCUT2D eigenvalue weighted by Crippen LogP contribution is 2.31. The van der Waals surface area contributed by atoms with Gasteiger partial charge in [-0.15, -0.1) is 0 Å². The molecule has 1 aliphatic rings. The highest BCUT2D eigenvalue weighted by molar-refractivity contribution is 5.59. The van der Waals surface area contributed by atoms with Crippen molar-refractivity contribution in [2.45, 2.75) is 58.0 Å². The van der Waals surface area contributed by atoms with Crippen LogP contribution < -0.4 is 0 Å². The Balaban J connectivity index is 2.52. The molecule has 3 heteroatoms. The van der Waals surface area contributed by atoms with Crippen molar-refractivity contribution in [3.8, 4) is 0 Å². The van der Waals surface area contributed by atoms with Crippen LogP contribution in [0.5, 0.6) is 0 Å². The quantitative estimate of drug-likeness (QED) is 0.695. The van der Waals surface area contributed by atoms with Crippen LogP contribution in [0.15, 0.2) is 0 Å². The molecule has 1 fully saturated rings.